The molecule has 3 rings (SSSR count). The van der Waals surface area contributed by atoms with Crippen LogP contribution in [0.15, 0.2) is 18.2 Å². The van der Waals surface area contributed by atoms with Gasteiger partial charge in [0, 0.05) is 18.7 Å². The fourth-order valence-corrected chi connectivity index (χ4v) is 3.39. The Morgan fingerprint density at radius 1 is 1.43 bits per heavy atom. The molecule has 21 heavy (non-hydrogen) atoms. The second kappa shape index (κ2) is 5.33. The van der Waals surface area contributed by atoms with E-state index >= 15 is 0 Å². The molecule has 2 aromatic rings. The highest BCUT2D eigenvalue weighted by Gasteiger charge is 2.28. The number of aromatic nitrogens is 1. The molecule has 1 aromatic heterocycles. The van der Waals surface area contributed by atoms with Crippen molar-refractivity contribution in [3.63, 3.8) is 0 Å². The van der Waals surface area contributed by atoms with Crippen LogP contribution < -0.4 is 5.73 Å². The third-order valence-electron chi connectivity index (χ3n) is 3.71. The van der Waals surface area contributed by atoms with Crippen molar-refractivity contribution in [2.75, 3.05) is 18.8 Å². The van der Waals surface area contributed by atoms with E-state index in [-0.39, 0.29) is 12.5 Å². The molecule has 0 bridgehead atoms. The quantitative estimate of drug-likeness (QED) is 0.882. The van der Waals surface area contributed by atoms with Crippen molar-refractivity contribution in [1.29, 1.82) is 0 Å². The topological polar surface area (TPSA) is 96.5 Å². The van der Waals surface area contributed by atoms with Gasteiger partial charge in [-0.25, -0.2) is 4.98 Å². The standard InChI is InChI=1S/C14H15N3O3S/c15-14-16-10-4-3-8(6-11(10)21-14)12(18)17-5-1-2-9(7-17)13(19)20/h3-4,6,9H,1-2,5,7H2,(H2,15,16)(H,19,20)/t9-/m1/s1. The van der Waals surface area contributed by atoms with Crippen LogP contribution in [0.4, 0.5) is 5.13 Å². The summed E-state index contributed by atoms with van der Waals surface area (Å²) in [5.74, 6) is -1.43. The summed E-state index contributed by atoms with van der Waals surface area (Å²) in [6.45, 7) is 0.877. The number of hydrogen-bond donors (Lipinski definition) is 2. The molecule has 0 unspecified atom stereocenters. The zero-order valence-corrected chi connectivity index (χ0v) is 12.1. The molecular weight excluding hydrogens is 290 g/mol. The van der Waals surface area contributed by atoms with Gasteiger partial charge in [-0.05, 0) is 31.0 Å². The molecule has 0 aliphatic carbocycles. The maximum Gasteiger partial charge on any atom is 0.308 e. The van der Waals surface area contributed by atoms with E-state index in [1.165, 1.54) is 11.3 Å². The summed E-state index contributed by atoms with van der Waals surface area (Å²) in [5, 5.41) is 9.56. The SMILES string of the molecule is Nc1nc2ccc(C(=O)N3CCC[C@@H](C(=O)O)C3)cc2s1. The Labute approximate surface area is 125 Å². The van der Waals surface area contributed by atoms with Crippen LogP contribution >= 0.6 is 11.3 Å². The van der Waals surface area contributed by atoms with Crippen molar-refractivity contribution in [2.45, 2.75) is 12.8 Å². The summed E-state index contributed by atoms with van der Waals surface area (Å²) < 4.78 is 0.866. The lowest BCUT2D eigenvalue weighted by molar-refractivity contribution is -0.143. The predicted octanol–water partition coefficient (Wildman–Crippen LogP) is 1.82. The summed E-state index contributed by atoms with van der Waals surface area (Å²) in [4.78, 5) is 29.4. The van der Waals surface area contributed by atoms with Gasteiger partial charge in [-0.2, -0.15) is 0 Å². The van der Waals surface area contributed by atoms with Crippen molar-refractivity contribution in [3.05, 3.63) is 23.8 Å². The van der Waals surface area contributed by atoms with Gasteiger partial charge in [0.1, 0.15) is 0 Å². The van der Waals surface area contributed by atoms with Crippen molar-refractivity contribution < 1.29 is 14.7 Å². The molecule has 1 saturated heterocycles. The second-order valence-electron chi connectivity index (χ2n) is 5.16. The third-order valence-corrected chi connectivity index (χ3v) is 4.56. The molecule has 0 radical (unpaired) electrons. The molecule has 1 amide bonds. The highest BCUT2D eigenvalue weighted by molar-refractivity contribution is 7.22. The minimum Gasteiger partial charge on any atom is -0.481 e. The van der Waals surface area contributed by atoms with Gasteiger partial charge in [0.25, 0.3) is 5.91 Å². The summed E-state index contributed by atoms with van der Waals surface area (Å²) >= 11 is 1.34. The molecule has 6 nitrogen and oxygen atoms in total. The van der Waals surface area contributed by atoms with E-state index in [2.05, 4.69) is 4.98 Å². The van der Waals surface area contributed by atoms with Crippen LogP contribution in [0.25, 0.3) is 10.2 Å². The molecule has 1 aliphatic heterocycles. The number of nitrogens with two attached hydrogens (primary N) is 1. The maximum atomic E-state index is 12.5. The molecule has 0 spiro atoms. The second-order valence-corrected chi connectivity index (χ2v) is 6.23. The Bertz CT molecular complexity index is 713. The number of anilines is 1. The van der Waals surface area contributed by atoms with Gasteiger partial charge in [0.2, 0.25) is 0 Å². The van der Waals surface area contributed by atoms with E-state index in [9.17, 15) is 9.59 Å². The number of carboxylic acids is 1. The fourth-order valence-electron chi connectivity index (χ4n) is 2.62. The van der Waals surface area contributed by atoms with E-state index in [0.29, 0.717) is 23.7 Å². The van der Waals surface area contributed by atoms with Gasteiger partial charge in [-0.3, -0.25) is 9.59 Å². The first-order chi connectivity index (χ1) is 10.0. The zero-order valence-electron chi connectivity index (χ0n) is 11.3. The molecule has 1 aliphatic rings. The van der Waals surface area contributed by atoms with E-state index in [4.69, 9.17) is 10.8 Å². The monoisotopic (exact) mass is 305 g/mol. The molecule has 7 heteroatoms. The Balaban J connectivity index is 1.84. The number of piperidine rings is 1. The van der Waals surface area contributed by atoms with E-state index in [0.717, 1.165) is 16.6 Å². The van der Waals surface area contributed by atoms with Gasteiger partial charge >= 0.3 is 5.97 Å². The van der Waals surface area contributed by atoms with Gasteiger partial charge in [-0.15, -0.1) is 0 Å². The number of fused-ring (bicyclic) bond motifs is 1. The largest absolute Gasteiger partial charge is 0.481 e. The summed E-state index contributed by atoms with van der Waals surface area (Å²) in [6.07, 6.45) is 1.35. The van der Waals surface area contributed by atoms with Crippen LogP contribution in [0.3, 0.4) is 0 Å². The Kier molecular flexibility index (Phi) is 3.50. The van der Waals surface area contributed by atoms with Gasteiger partial charge < -0.3 is 15.7 Å². The van der Waals surface area contributed by atoms with Gasteiger partial charge in [0.15, 0.2) is 5.13 Å². The predicted molar refractivity (Wildman–Crippen MR) is 80.3 cm³/mol. The van der Waals surface area contributed by atoms with Crippen molar-refractivity contribution in [3.8, 4) is 0 Å². The number of aliphatic carboxylic acids is 1. The fraction of sp³-hybridized carbons (Fsp3) is 0.357. The number of likely N-dealkylation sites (tertiary alicyclic amines) is 1. The number of rotatable bonds is 2. The summed E-state index contributed by atoms with van der Waals surface area (Å²) in [6, 6.07) is 5.26. The number of benzene rings is 1. The number of nitrogen functional groups attached to an aromatic ring is 1. The number of hydrogen-bond acceptors (Lipinski definition) is 5. The average Bonchev–Trinajstić information content (AvgIpc) is 2.85. The molecular formula is C14H15N3O3S. The highest BCUT2D eigenvalue weighted by Crippen LogP contribution is 2.26. The number of thiazole rings is 1. The van der Waals surface area contributed by atoms with Crippen LogP contribution in [0, 0.1) is 5.92 Å². The number of carbonyl (C=O) groups is 2. The van der Waals surface area contributed by atoms with Crippen molar-refractivity contribution in [2.24, 2.45) is 5.92 Å². The molecule has 1 atom stereocenters. The first-order valence-electron chi connectivity index (χ1n) is 6.73. The van der Waals surface area contributed by atoms with E-state index < -0.39 is 11.9 Å². The van der Waals surface area contributed by atoms with Crippen LogP contribution in [0.1, 0.15) is 23.2 Å². The lowest BCUT2D eigenvalue weighted by Crippen LogP contribution is -2.42. The average molecular weight is 305 g/mol. The van der Waals surface area contributed by atoms with E-state index in [1.54, 1.807) is 23.1 Å². The zero-order chi connectivity index (χ0) is 15.0. The first-order valence-corrected chi connectivity index (χ1v) is 7.54. The van der Waals surface area contributed by atoms with Gasteiger partial charge in [-0.1, -0.05) is 11.3 Å². The molecule has 3 N–H and O–H groups in total. The van der Waals surface area contributed by atoms with Crippen molar-refractivity contribution in [1.82, 2.24) is 9.88 Å². The third kappa shape index (κ3) is 2.69. The summed E-state index contributed by atoms with van der Waals surface area (Å²) in [5.41, 5.74) is 6.98. The number of amides is 1. The molecule has 1 fully saturated rings. The molecule has 110 valence electrons. The molecule has 0 saturated carbocycles. The number of nitrogens with zero attached hydrogens (tertiary/aromatic N) is 2. The molecule has 2 heterocycles. The van der Waals surface area contributed by atoms with Crippen molar-refractivity contribution >= 4 is 38.6 Å². The Hall–Kier alpha value is -2.15. The van der Waals surface area contributed by atoms with E-state index in [1.807, 2.05) is 0 Å². The Morgan fingerprint density at radius 3 is 3.00 bits per heavy atom. The smallest absolute Gasteiger partial charge is 0.308 e. The lowest BCUT2D eigenvalue weighted by atomic mass is 9.97. The maximum absolute atomic E-state index is 12.5. The first kappa shape index (κ1) is 13.8. The summed E-state index contributed by atoms with van der Waals surface area (Å²) in [7, 11) is 0. The lowest BCUT2D eigenvalue weighted by Gasteiger charge is -2.30. The van der Waals surface area contributed by atoms with Gasteiger partial charge in [0.05, 0.1) is 16.1 Å². The minimum absolute atomic E-state index is 0.130. The van der Waals surface area contributed by atoms with Crippen LogP contribution in [-0.4, -0.2) is 40.0 Å². The minimum atomic E-state index is -0.835. The highest BCUT2D eigenvalue weighted by atomic mass is 32.1. The van der Waals surface area contributed by atoms with Crippen LogP contribution in [-0.2, 0) is 4.79 Å². The Morgan fingerprint density at radius 2 is 2.24 bits per heavy atom. The number of carbonyl (C=O) groups excluding carboxylic acids is 1. The normalized spacial score (nSPS) is 18.9. The molecule has 1 aromatic carbocycles. The number of carboxylic acid groups (broad SMARTS) is 1. The van der Waals surface area contributed by atoms with Crippen LogP contribution in [0.5, 0.6) is 0 Å². The van der Waals surface area contributed by atoms with Crippen LogP contribution in [0.2, 0.25) is 0 Å².